The van der Waals surface area contributed by atoms with Crippen LogP contribution < -0.4 is 19.7 Å². The Labute approximate surface area is 149 Å². The van der Waals surface area contributed by atoms with E-state index in [-0.39, 0.29) is 25.0 Å². The lowest BCUT2D eigenvalue weighted by Crippen LogP contribution is -2.28. The average Bonchev–Trinajstić information content (AvgIpc) is 3.22. The summed E-state index contributed by atoms with van der Waals surface area (Å²) in [6.07, 6.45) is 0.180. The fraction of sp³-hybridized carbons (Fsp3) is 0.222. The number of carbonyl (C=O) groups excluding carboxylic acids is 2. The van der Waals surface area contributed by atoms with Crippen LogP contribution in [0.3, 0.4) is 0 Å². The number of hydrogen-bond acceptors (Lipinski definition) is 4. The highest BCUT2D eigenvalue weighted by Gasteiger charge is 2.35. The normalized spacial score (nSPS) is 18.5. The first-order chi connectivity index (χ1) is 12.1. The van der Waals surface area contributed by atoms with Gasteiger partial charge in [0.2, 0.25) is 18.6 Å². The third-order valence-electron chi connectivity index (χ3n) is 4.27. The number of halogens is 1. The molecule has 0 aromatic heterocycles. The van der Waals surface area contributed by atoms with Crippen LogP contribution >= 0.6 is 11.6 Å². The van der Waals surface area contributed by atoms with Gasteiger partial charge < -0.3 is 19.7 Å². The van der Waals surface area contributed by atoms with Crippen LogP contribution in [-0.4, -0.2) is 25.2 Å². The lowest BCUT2D eigenvalue weighted by Gasteiger charge is -2.16. The average molecular weight is 359 g/mol. The second-order valence-electron chi connectivity index (χ2n) is 5.94. The van der Waals surface area contributed by atoms with E-state index in [1.54, 1.807) is 47.4 Å². The maximum Gasteiger partial charge on any atom is 0.231 e. The van der Waals surface area contributed by atoms with Crippen molar-refractivity contribution in [2.75, 3.05) is 23.6 Å². The van der Waals surface area contributed by atoms with Crippen LogP contribution in [0.5, 0.6) is 11.5 Å². The van der Waals surface area contributed by atoms with E-state index in [2.05, 4.69) is 5.32 Å². The number of nitrogens with zero attached hydrogens (tertiary/aromatic N) is 1. The van der Waals surface area contributed by atoms with Gasteiger partial charge in [0.25, 0.3) is 0 Å². The highest BCUT2D eigenvalue weighted by Crippen LogP contribution is 2.34. The topological polar surface area (TPSA) is 67.9 Å². The first-order valence-corrected chi connectivity index (χ1v) is 8.24. The minimum Gasteiger partial charge on any atom is -0.454 e. The molecular weight excluding hydrogens is 344 g/mol. The molecule has 0 aliphatic carbocycles. The van der Waals surface area contributed by atoms with Crippen LogP contribution in [0.2, 0.25) is 5.02 Å². The van der Waals surface area contributed by atoms with Gasteiger partial charge >= 0.3 is 0 Å². The largest absolute Gasteiger partial charge is 0.454 e. The molecule has 6 nitrogen and oxygen atoms in total. The lowest BCUT2D eigenvalue weighted by molar-refractivity contribution is -0.122. The van der Waals surface area contributed by atoms with Crippen LogP contribution in [0.4, 0.5) is 11.4 Å². The molecule has 2 amide bonds. The van der Waals surface area contributed by atoms with Gasteiger partial charge in [0.05, 0.1) is 5.92 Å². The summed E-state index contributed by atoms with van der Waals surface area (Å²) in [5.74, 6) is 0.580. The molecule has 1 saturated heterocycles. The number of rotatable bonds is 3. The SMILES string of the molecule is O=C(Nc1ccc2c(c1)OCO2)[C@H]1CC(=O)N(c2ccc(Cl)cc2)C1. The van der Waals surface area contributed by atoms with Crippen molar-refractivity contribution in [3.05, 3.63) is 47.5 Å². The van der Waals surface area contributed by atoms with Crippen molar-refractivity contribution < 1.29 is 19.1 Å². The summed E-state index contributed by atoms with van der Waals surface area (Å²) in [6.45, 7) is 0.525. The minimum absolute atomic E-state index is 0.0758. The summed E-state index contributed by atoms with van der Waals surface area (Å²) in [5.41, 5.74) is 1.36. The molecule has 1 N–H and O–H groups in total. The number of amides is 2. The first kappa shape index (κ1) is 15.8. The van der Waals surface area contributed by atoms with Gasteiger partial charge in [0.15, 0.2) is 11.5 Å². The van der Waals surface area contributed by atoms with Crippen molar-refractivity contribution >= 4 is 34.8 Å². The minimum atomic E-state index is -0.409. The van der Waals surface area contributed by atoms with Crippen LogP contribution in [0, 0.1) is 5.92 Å². The molecule has 0 radical (unpaired) electrons. The van der Waals surface area contributed by atoms with E-state index in [1.165, 1.54) is 0 Å². The third kappa shape index (κ3) is 3.13. The predicted molar refractivity (Wildman–Crippen MR) is 93.1 cm³/mol. The number of hydrogen-bond donors (Lipinski definition) is 1. The van der Waals surface area contributed by atoms with Gasteiger partial charge in [-0.25, -0.2) is 0 Å². The van der Waals surface area contributed by atoms with Gasteiger partial charge in [0, 0.05) is 35.4 Å². The second-order valence-corrected chi connectivity index (χ2v) is 6.38. The molecule has 25 heavy (non-hydrogen) atoms. The van der Waals surface area contributed by atoms with Crippen LogP contribution in [0.25, 0.3) is 0 Å². The molecule has 4 rings (SSSR count). The Kier molecular flexibility index (Phi) is 3.97. The molecule has 2 heterocycles. The molecule has 2 aliphatic heterocycles. The molecule has 0 bridgehead atoms. The van der Waals surface area contributed by atoms with Gasteiger partial charge in [-0.1, -0.05) is 11.6 Å². The van der Waals surface area contributed by atoms with E-state index in [9.17, 15) is 9.59 Å². The Bertz CT molecular complexity index is 837. The Balaban J connectivity index is 1.44. The van der Waals surface area contributed by atoms with E-state index in [0.717, 1.165) is 5.69 Å². The smallest absolute Gasteiger partial charge is 0.231 e. The second kappa shape index (κ2) is 6.29. The first-order valence-electron chi connectivity index (χ1n) is 7.86. The van der Waals surface area contributed by atoms with Crippen molar-refractivity contribution in [1.82, 2.24) is 0 Å². The zero-order valence-electron chi connectivity index (χ0n) is 13.2. The third-order valence-corrected chi connectivity index (χ3v) is 4.53. The Morgan fingerprint density at radius 3 is 2.68 bits per heavy atom. The fourth-order valence-corrected chi connectivity index (χ4v) is 3.10. The summed E-state index contributed by atoms with van der Waals surface area (Å²) in [7, 11) is 0. The number of anilines is 2. The summed E-state index contributed by atoms with van der Waals surface area (Å²) >= 11 is 5.88. The fourth-order valence-electron chi connectivity index (χ4n) is 2.97. The highest BCUT2D eigenvalue weighted by molar-refractivity contribution is 6.30. The van der Waals surface area contributed by atoms with Crippen molar-refractivity contribution in [1.29, 1.82) is 0 Å². The van der Waals surface area contributed by atoms with Gasteiger partial charge in [0.1, 0.15) is 0 Å². The van der Waals surface area contributed by atoms with E-state index in [0.29, 0.717) is 28.8 Å². The number of carbonyl (C=O) groups is 2. The number of nitrogens with one attached hydrogen (secondary N) is 1. The van der Waals surface area contributed by atoms with E-state index < -0.39 is 5.92 Å². The molecule has 0 unspecified atom stereocenters. The maximum atomic E-state index is 12.5. The summed E-state index contributed by atoms with van der Waals surface area (Å²) in [4.78, 5) is 26.4. The van der Waals surface area contributed by atoms with Crippen molar-refractivity contribution in [3.8, 4) is 11.5 Å². The van der Waals surface area contributed by atoms with E-state index in [1.807, 2.05) is 0 Å². The quantitative estimate of drug-likeness (QED) is 0.915. The van der Waals surface area contributed by atoms with Crippen LogP contribution in [0.1, 0.15) is 6.42 Å². The summed E-state index contributed by atoms with van der Waals surface area (Å²) < 4.78 is 10.5. The van der Waals surface area contributed by atoms with Crippen LogP contribution in [-0.2, 0) is 9.59 Å². The van der Waals surface area contributed by atoms with E-state index >= 15 is 0 Å². The standard InChI is InChI=1S/C18H15ClN2O4/c19-12-1-4-14(5-2-12)21-9-11(7-17(21)22)18(23)20-13-3-6-15-16(8-13)25-10-24-15/h1-6,8,11H,7,9-10H2,(H,20,23)/t11-/m0/s1. The molecule has 0 saturated carbocycles. The molecule has 2 aromatic rings. The van der Waals surface area contributed by atoms with Crippen molar-refractivity contribution in [2.24, 2.45) is 5.92 Å². The number of fused-ring (bicyclic) bond motifs is 1. The number of ether oxygens (including phenoxy) is 2. The Morgan fingerprint density at radius 1 is 1.12 bits per heavy atom. The molecule has 2 aromatic carbocycles. The van der Waals surface area contributed by atoms with Gasteiger partial charge in [-0.05, 0) is 36.4 Å². The summed E-state index contributed by atoms with van der Waals surface area (Å²) in [5, 5.41) is 3.44. The summed E-state index contributed by atoms with van der Waals surface area (Å²) in [6, 6.07) is 12.2. The highest BCUT2D eigenvalue weighted by atomic mass is 35.5. The monoisotopic (exact) mass is 358 g/mol. The zero-order valence-corrected chi connectivity index (χ0v) is 14.0. The molecule has 0 spiro atoms. The zero-order chi connectivity index (χ0) is 17.4. The maximum absolute atomic E-state index is 12.5. The van der Waals surface area contributed by atoms with Gasteiger partial charge in [-0.3, -0.25) is 9.59 Å². The molecule has 7 heteroatoms. The van der Waals surface area contributed by atoms with Crippen LogP contribution in [0.15, 0.2) is 42.5 Å². The molecule has 2 aliphatic rings. The van der Waals surface area contributed by atoms with Crippen molar-refractivity contribution in [2.45, 2.75) is 6.42 Å². The van der Waals surface area contributed by atoms with Gasteiger partial charge in [-0.2, -0.15) is 0 Å². The number of benzene rings is 2. The van der Waals surface area contributed by atoms with Crippen molar-refractivity contribution in [3.63, 3.8) is 0 Å². The van der Waals surface area contributed by atoms with Gasteiger partial charge in [-0.15, -0.1) is 0 Å². The molecule has 1 atom stereocenters. The molecule has 128 valence electrons. The molecule has 1 fully saturated rings. The molecular formula is C18H15ClN2O4. The van der Waals surface area contributed by atoms with E-state index in [4.69, 9.17) is 21.1 Å². The predicted octanol–water partition coefficient (Wildman–Crippen LogP) is 3.06. The lowest BCUT2D eigenvalue weighted by atomic mass is 10.1. The Morgan fingerprint density at radius 2 is 1.88 bits per heavy atom. The Hall–Kier alpha value is -2.73.